The SMILES string of the molecule is CCOC(=O)c1cc(=O)n(-c2ccc(S(=O)(=O)O)c(N)c2)[nH]1. The molecule has 2 rings (SSSR count). The van der Waals surface area contributed by atoms with E-state index in [1.54, 1.807) is 6.92 Å². The number of H-pyrrole nitrogens is 1. The number of hydrogen-bond acceptors (Lipinski definition) is 6. The molecule has 0 aliphatic carbocycles. The molecule has 0 amide bonds. The summed E-state index contributed by atoms with van der Waals surface area (Å²) in [5.41, 5.74) is 4.91. The second kappa shape index (κ2) is 5.66. The Morgan fingerprint density at radius 3 is 2.64 bits per heavy atom. The van der Waals surface area contributed by atoms with Crippen molar-refractivity contribution in [2.75, 3.05) is 12.3 Å². The molecule has 0 unspecified atom stereocenters. The van der Waals surface area contributed by atoms with Gasteiger partial charge in [0.25, 0.3) is 15.7 Å². The zero-order valence-corrected chi connectivity index (χ0v) is 12.3. The summed E-state index contributed by atoms with van der Waals surface area (Å²) in [6.07, 6.45) is 0. The average molecular weight is 327 g/mol. The first-order valence-corrected chi connectivity index (χ1v) is 7.54. The summed E-state index contributed by atoms with van der Waals surface area (Å²) in [7, 11) is -4.45. The smallest absolute Gasteiger partial charge is 0.356 e. The van der Waals surface area contributed by atoms with Crippen molar-refractivity contribution in [1.82, 2.24) is 9.78 Å². The number of esters is 1. The number of hydrogen-bond donors (Lipinski definition) is 3. The van der Waals surface area contributed by atoms with Crippen LogP contribution >= 0.6 is 0 Å². The lowest BCUT2D eigenvalue weighted by molar-refractivity contribution is 0.0519. The molecule has 0 atom stereocenters. The van der Waals surface area contributed by atoms with Crippen molar-refractivity contribution in [3.63, 3.8) is 0 Å². The number of carbonyl (C=O) groups excluding carboxylic acids is 1. The molecule has 22 heavy (non-hydrogen) atoms. The van der Waals surface area contributed by atoms with Crippen LogP contribution in [0, 0.1) is 0 Å². The molecule has 1 heterocycles. The van der Waals surface area contributed by atoms with E-state index in [9.17, 15) is 18.0 Å². The molecule has 0 fully saturated rings. The number of ether oxygens (including phenoxy) is 1. The molecule has 9 nitrogen and oxygen atoms in total. The van der Waals surface area contributed by atoms with Crippen molar-refractivity contribution in [1.29, 1.82) is 0 Å². The highest BCUT2D eigenvalue weighted by Gasteiger charge is 2.17. The molecule has 0 aliphatic heterocycles. The van der Waals surface area contributed by atoms with Gasteiger partial charge in [-0.15, -0.1) is 0 Å². The summed E-state index contributed by atoms with van der Waals surface area (Å²) >= 11 is 0. The maximum atomic E-state index is 11.9. The monoisotopic (exact) mass is 327 g/mol. The van der Waals surface area contributed by atoms with Crippen LogP contribution < -0.4 is 11.3 Å². The molecule has 1 aromatic heterocycles. The number of nitrogen functional groups attached to an aromatic ring is 1. The Kier molecular flexibility index (Phi) is 4.06. The molecule has 0 radical (unpaired) electrons. The highest BCUT2D eigenvalue weighted by molar-refractivity contribution is 7.86. The number of anilines is 1. The predicted octanol–water partition coefficient (Wildman–Crippen LogP) is 0.171. The van der Waals surface area contributed by atoms with Gasteiger partial charge in [0.05, 0.1) is 18.0 Å². The first-order valence-electron chi connectivity index (χ1n) is 6.10. The molecular weight excluding hydrogens is 314 g/mol. The Morgan fingerprint density at radius 1 is 1.41 bits per heavy atom. The molecule has 0 spiro atoms. The zero-order valence-electron chi connectivity index (χ0n) is 11.4. The normalized spacial score (nSPS) is 11.4. The van der Waals surface area contributed by atoms with E-state index in [0.29, 0.717) is 0 Å². The topological polar surface area (TPSA) is 144 Å². The molecule has 0 saturated carbocycles. The first-order chi connectivity index (χ1) is 10.2. The van der Waals surface area contributed by atoms with Crippen LogP contribution in [-0.4, -0.2) is 35.3 Å². The van der Waals surface area contributed by atoms with E-state index in [1.165, 1.54) is 12.1 Å². The molecule has 2 aromatic rings. The van der Waals surface area contributed by atoms with Gasteiger partial charge in [0.15, 0.2) is 0 Å². The molecular formula is C12H13N3O6S. The highest BCUT2D eigenvalue weighted by Crippen LogP contribution is 2.20. The van der Waals surface area contributed by atoms with Crippen molar-refractivity contribution in [2.45, 2.75) is 11.8 Å². The number of nitrogens with two attached hydrogens (primary N) is 1. The number of aromatic nitrogens is 2. The van der Waals surface area contributed by atoms with Gasteiger partial charge in [-0.05, 0) is 25.1 Å². The van der Waals surface area contributed by atoms with Crippen LogP contribution in [0.1, 0.15) is 17.4 Å². The molecule has 118 valence electrons. The fourth-order valence-electron chi connectivity index (χ4n) is 1.81. The molecule has 10 heteroatoms. The molecule has 0 bridgehead atoms. The first kappa shape index (κ1) is 15.8. The van der Waals surface area contributed by atoms with Gasteiger partial charge in [0, 0.05) is 6.07 Å². The lowest BCUT2D eigenvalue weighted by Crippen LogP contribution is -2.14. The standard InChI is InChI=1S/C12H13N3O6S/c1-2-21-12(17)9-6-11(16)15(14-9)7-3-4-10(8(13)5-7)22(18,19)20/h3-6,14H,2,13H2,1H3,(H,18,19,20). The van der Waals surface area contributed by atoms with Crippen molar-refractivity contribution in [3.05, 3.63) is 40.3 Å². The summed E-state index contributed by atoms with van der Waals surface area (Å²) in [5, 5.41) is 2.53. The van der Waals surface area contributed by atoms with Crippen LogP contribution in [0.3, 0.4) is 0 Å². The molecule has 1 aromatic carbocycles. The lowest BCUT2D eigenvalue weighted by atomic mass is 10.3. The van der Waals surface area contributed by atoms with Crippen LogP contribution in [0.2, 0.25) is 0 Å². The number of rotatable bonds is 4. The summed E-state index contributed by atoms with van der Waals surface area (Å²) in [6.45, 7) is 1.78. The van der Waals surface area contributed by atoms with Crippen LogP contribution in [0.25, 0.3) is 5.69 Å². The van der Waals surface area contributed by atoms with Gasteiger partial charge in [0.2, 0.25) is 0 Å². The van der Waals surface area contributed by atoms with Crippen molar-refractivity contribution >= 4 is 21.8 Å². The average Bonchev–Trinajstić information content (AvgIpc) is 2.79. The minimum absolute atomic E-state index is 0.0516. The summed E-state index contributed by atoms with van der Waals surface area (Å²) in [6, 6.07) is 4.53. The second-order valence-corrected chi connectivity index (χ2v) is 5.65. The van der Waals surface area contributed by atoms with Crippen LogP contribution in [0.15, 0.2) is 34.0 Å². The Morgan fingerprint density at radius 2 is 2.09 bits per heavy atom. The number of carbonyl (C=O) groups is 1. The quantitative estimate of drug-likeness (QED) is 0.412. The van der Waals surface area contributed by atoms with Gasteiger partial charge in [-0.3, -0.25) is 14.4 Å². The van der Waals surface area contributed by atoms with Crippen molar-refractivity contribution < 1.29 is 22.5 Å². The van der Waals surface area contributed by atoms with E-state index >= 15 is 0 Å². The Bertz CT molecular complexity index is 881. The van der Waals surface area contributed by atoms with E-state index < -0.39 is 26.5 Å². The predicted molar refractivity (Wildman–Crippen MR) is 76.6 cm³/mol. The van der Waals surface area contributed by atoms with Crippen molar-refractivity contribution in [3.8, 4) is 5.69 Å². The third-order valence-corrected chi connectivity index (χ3v) is 3.67. The van der Waals surface area contributed by atoms with Gasteiger partial charge < -0.3 is 10.5 Å². The van der Waals surface area contributed by atoms with Gasteiger partial charge >= 0.3 is 5.97 Å². The van der Waals surface area contributed by atoms with Crippen LogP contribution in [-0.2, 0) is 14.9 Å². The fraction of sp³-hybridized carbons (Fsp3) is 0.167. The van der Waals surface area contributed by atoms with E-state index in [2.05, 4.69) is 5.10 Å². The summed E-state index contributed by atoms with van der Waals surface area (Å²) < 4.78 is 36.9. The highest BCUT2D eigenvalue weighted by atomic mass is 32.2. The van der Waals surface area contributed by atoms with E-state index in [-0.39, 0.29) is 23.7 Å². The van der Waals surface area contributed by atoms with E-state index in [4.69, 9.17) is 15.0 Å². The molecule has 0 saturated heterocycles. The maximum absolute atomic E-state index is 11.9. The number of aromatic amines is 1. The number of nitrogens with one attached hydrogen (secondary N) is 1. The van der Waals surface area contributed by atoms with Gasteiger partial charge in [-0.1, -0.05) is 0 Å². The summed E-state index contributed by atoms with van der Waals surface area (Å²) in [5.74, 6) is -0.694. The third-order valence-electron chi connectivity index (χ3n) is 2.75. The minimum Gasteiger partial charge on any atom is -0.461 e. The van der Waals surface area contributed by atoms with Crippen LogP contribution in [0.5, 0.6) is 0 Å². The van der Waals surface area contributed by atoms with Gasteiger partial charge in [-0.25, -0.2) is 9.48 Å². The maximum Gasteiger partial charge on any atom is 0.356 e. The van der Waals surface area contributed by atoms with Crippen LogP contribution in [0.4, 0.5) is 5.69 Å². The Hall–Kier alpha value is -2.59. The summed E-state index contributed by atoms with van der Waals surface area (Å²) in [4.78, 5) is 22.9. The van der Waals surface area contributed by atoms with Gasteiger partial charge in [-0.2, -0.15) is 8.42 Å². The Balaban J connectivity index is 2.48. The Labute approximate surface area is 125 Å². The minimum atomic E-state index is -4.45. The number of benzene rings is 1. The molecule has 0 aliphatic rings. The molecule has 4 N–H and O–H groups in total. The second-order valence-electron chi connectivity index (χ2n) is 4.26. The third kappa shape index (κ3) is 3.02. The fourth-order valence-corrected chi connectivity index (χ4v) is 2.41. The van der Waals surface area contributed by atoms with E-state index in [0.717, 1.165) is 16.8 Å². The van der Waals surface area contributed by atoms with Gasteiger partial charge in [0.1, 0.15) is 10.6 Å². The van der Waals surface area contributed by atoms with E-state index in [1.807, 2.05) is 0 Å². The lowest BCUT2D eigenvalue weighted by Gasteiger charge is -2.06. The number of nitrogens with zero attached hydrogens (tertiary/aromatic N) is 1. The zero-order chi connectivity index (χ0) is 16.5. The largest absolute Gasteiger partial charge is 0.461 e. The van der Waals surface area contributed by atoms with Crippen molar-refractivity contribution in [2.24, 2.45) is 0 Å².